The maximum Gasteiger partial charge on any atom is 0.196 e. The first-order valence-corrected chi connectivity index (χ1v) is 5.83. The zero-order valence-corrected chi connectivity index (χ0v) is 9.36. The number of aromatic nitrogens is 1. The van der Waals surface area contributed by atoms with Gasteiger partial charge in [0.25, 0.3) is 0 Å². The summed E-state index contributed by atoms with van der Waals surface area (Å²) >= 11 is 7.27. The lowest BCUT2D eigenvalue weighted by atomic mass is 10.2. The van der Waals surface area contributed by atoms with E-state index in [1.165, 1.54) is 5.56 Å². The van der Waals surface area contributed by atoms with Crippen molar-refractivity contribution in [1.29, 1.82) is 0 Å². The van der Waals surface area contributed by atoms with Crippen LogP contribution in [-0.4, -0.2) is 10.9 Å². The second-order valence-electron chi connectivity index (χ2n) is 3.03. The van der Waals surface area contributed by atoms with Crippen molar-refractivity contribution in [3.05, 3.63) is 28.4 Å². The molecule has 2 aromatic rings. The normalized spacial score (nSPS) is 10.7. The highest BCUT2D eigenvalue weighted by Crippen LogP contribution is 2.27. The van der Waals surface area contributed by atoms with Gasteiger partial charge < -0.3 is 4.42 Å². The van der Waals surface area contributed by atoms with E-state index in [1.807, 2.05) is 0 Å². The number of alkyl halides is 1. The van der Waals surface area contributed by atoms with Crippen molar-refractivity contribution in [2.24, 2.45) is 0 Å². The van der Waals surface area contributed by atoms with Crippen molar-refractivity contribution in [2.75, 3.05) is 5.88 Å². The number of thiophene rings is 1. The van der Waals surface area contributed by atoms with E-state index >= 15 is 0 Å². The maximum absolute atomic E-state index is 5.60. The fourth-order valence-corrected chi connectivity index (χ4v) is 2.24. The van der Waals surface area contributed by atoms with Crippen molar-refractivity contribution in [3.63, 3.8) is 0 Å². The lowest BCUT2D eigenvalue weighted by molar-refractivity contribution is 0.514. The van der Waals surface area contributed by atoms with E-state index in [-0.39, 0.29) is 0 Å². The van der Waals surface area contributed by atoms with Crippen LogP contribution >= 0.6 is 22.9 Å². The third kappa shape index (κ3) is 1.83. The van der Waals surface area contributed by atoms with Gasteiger partial charge >= 0.3 is 0 Å². The van der Waals surface area contributed by atoms with Crippen LogP contribution < -0.4 is 0 Å². The number of hydrogen-bond donors (Lipinski definition) is 0. The van der Waals surface area contributed by atoms with Crippen LogP contribution in [0.15, 0.2) is 21.4 Å². The molecular formula is C10H10ClNOS. The molecule has 0 amide bonds. The van der Waals surface area contributed by atoms with Gasteiger partial charge in [-0.05, 0) is 17.9 Å². The molecular weight excluding hydrogens is 218 g/mol. The first-order valence-electron chi connectivity index (χ1n) is 4.35. The molecule has 0 saturated carbocycles. The van der Waals surface area contributed by atoms with Gasteiger partial charge in [0.1, 0.15) is 0 Å². The molecule has 14 heavy (non-hydrogen) atoms. The summed E-state index contributed by atoms with van der Waals surface area (Å²) in [7, 11) is 0. The van der Waals surface area contributed by atoms with Crippen LogP contribution in [-0.2, 0) is 6.42 Å². The lowest BCUT2D eigenvalue weighted by Gasteiger charge is -1.92. The Kier molecular flexibility index (Phi) is 2.89. The van der Waals surface area contributed by atoms with E-state index in [0.717, 1.165) is 11.3 Å². The van der Waals surface area contributed by atoms with E-state index in [9.17, 15) is 0 Å². The third-order valence-electron chi connectivity index (χ3n) is 1.98. The third-order valence-corrected chi connectivity index (χ3v) is 3.03. The minimum Gasteiger partial charge on any atom is -0.441 e. The number of aryl methyl sites for hydroxylation is 2. The van der Waals surface area contributed by atoms with Gasteiger partial charge in [-0.2, -0.15) is 11.3 Å². The standard InChI is InChI=1S/C10H10ClNOS/c1-7-5-14-6-8(7)9-4-12-10(13-9)2-3-11/h4-6H,2-3H2,1H3. The molecule has 0 aliphatic rings. The predicted octanol–water partition coefficient (Wildman–Crippen LogP) is 3.49. The zero-order chi connectivity index (χ0) is 9.97. The molecule has 74 valence electrons. The van der Waals surface area contributed by atoms with Crippen molar-refractivity contribution in [3.8, 4) is 11.3 Å². The minimum atomic E-state index is 0.544. The average Bonchev–Trinajstić information content (AvgIpc) is 2.74. The Morgan fingerprint density at radius 3 is 3.00 bits per heavy atom. The topological polar surface area (TPSA) is 26.0 Å². The van der Waals surface area contributed by atoms with Crippen LogP contribution in [0.1, 0.15) is 11.5 Å². The summed E-state index contributed by atoms with van der Waals surface area (Å²) in [6.45, 7) is 2.07. The molecule has 2 aromatic heterocycles. The Balaban J connectivity index is 2.29. The van der Waals surface area contributed by atoms with E-state index in [0.29, 0.717) is 18.2 Å². The van der Waals surface area contributed by atoms with Crippen LogP contribution in [0.2, 0.25) is 0 Å². The number of nitrogens with zero attached hydrogens (tertiary/aromatic N) is 1. The smallest absolute Gasteiger partial charge is 0.196 e. The summed E-state index contributed by atoms with van der Waals surface area (Å²) < 4.78 is 5.56. The molecule has 2 heterocycles. The molecule has 0 atom stereocenters. The summed E-state index contributed by atoms with van der Waals surface area (Å²) in [6.07, 6.45) is 2.45. The fourth-order valence-electron chi connectivity index (χ4n) is 1.24. The van der Waals surface area contributed by atoms with Crippen molar-refractivity contribution >= 4 is 22.9 Å². The van der Waals surface area contributed by atoms with E-state index in [4.69, 9.17) is 16.0 Å². The molecule has 0 spiro atoms. The quantitative estimate of drug-likeness (QED) is 0.751. The SMILES string of the molecule is Cc1cscc1-c1cnc(CCCl)o1. The molecule has 2 rings (SSSR count). The van der Waals surface area contributed by atoms with Crippen LogP contribution in [0.4, 0.5) is 0 Å². The van der Waals surface area contributed by atoms with Gasteiger partial charge in [-0.1, -0.05) is 0 Å². The average molecular weight is 228 g/mol. The van der Waals surface area contributed by atoms with Gasteiger partial charge in [-0.15, -0.1) is 11.6 Å². The Bertz CT molecular complexity index is 421. The highest BCUT2D eigenvalue weighted by molar-refractivity contribution is 7.08. The van der Waals surface area contributed by atoms with E-state index in [1.54, 1.807) is 17.5 Å². The molecule has 2 nitrogen and oxygen atoms in total. The predicted molar refractivity (Wildman–Crippen MR) is 59.0 cm³/mol. The largest absolute Gasteiger partial charge is 0.441 e. The summed E-state index contributed by atoms with van der Waals surface area (Å²) in [5, 5.41) is 4.17. The summed E-state index contributed by atoms with van der Waals surface area (Å²) in [5.41, 5.74) is 2.35. The molecule has 0 saturated heterocycles. The highest BCUT2D eigenvalue weighted by atomic mass is 35.5. The summed E-state index contributed by atoms with van der Waals surface area (Å²) in [6, 6.07) is 0. The van der Waals surface area contributed by atoms with Gasteiger partial charge in [0.2, 0.25) is 0 Å². The fraction of sp³-hybridized carbons (Fsp3) is 0.300. The molecule has 4 heteroatoms. The Morgan fingerprint density at radius 2 is 2.36 bits per heavy atom. The Hall–Kier alpha value is -0.800. The lowest BCUT2D eigenvalue weighted by Crippen LogP contribution is -1.83. The zero-order valence-electron chi connectivity index (χ0n) is 7.79. The Labute approximate surface area is 91.5 Å². The monoisotopic (exact) mass is 227 g/mol. The number of rotatable bonds is 3. The highest BCUT2D eigenvalue weighted by Gasteiger charge is 2.08. The molecule has 0 aliphatic carbocycles. The molecule has 0 aromatic carbocycles. The van der Waals surface area contributed by atoms with Crippen molar-refractivity contribution in [1.82, 2.24) is 4.98 Å². The molecule has 0 N–H and O–H groups in total. The van der Waals surface area contributed by atoms with Gasteiger partial charge in [0.05, 0.1) is 6.20 Å². The first kappa shape index (κ1) is 9.74. The van der Waals surface area contributed by atoms with Crippen LogP contribution in [0, 0.1) is 6.92 Å². The summed E-state index contributed by atoms with van der Waals surface area (Å²) in [5.74, 6) is 2.09. The molecule has 0 aliphatic heterocycles. The Morgan fingerprint density at radius 1 is 1.50 bits per heavy atom. The van der Waals surface area contributed by atoms with Gasteiger partial charge in [0.15, 0.2) is 11.7 Å². The van der Waals surface area contributed by atoms with E-state index < -0.39 is 0 Å². The second-order valence-corrected chi connectivity index (χ2v) is 4.15. The molecule has 0 radical (unpaired) electrons. The first-order chi connectivity index (χ1) is 6.81. The van der Waals surface area contributed by atoms with Crippen LogP contribution in [0.5, 0.6) is 0 Å². The minimum absolute atomic E-state index is 0.544. The van der Waals surface area contributed by atoms with Gasteiger partial charge in [-0.3, -0.25) is 0 Å². The summed E-state index contributed by atoms with van der Waals surface area (Å²) in [4.78, 5) is 4.16. The number of halogens is 1. The maximum atomic E-state index is 5.60. The molecule has 0 bridgehead atoms. The van der Waals surface area contributed by atoms with Crippen molar-refractivity contribution in [2.45, 2.75) is 13.3 Å². The van der Waals surface area contributed by atoms with Gasteiger partial charge in [-0.25, -0.2) is 4.98 Å². The van der Waals surface area contributed by atoms with Crippen molar-refractivity contribution < 1.29 is 4.42 Å². The number of oxazole rings is 1. The molecule has 0 unspecified atom stereocenters. The number of hydrogen-bond acceptors (Lipinski definition) is 3. The van der Waals surface area contributed by atoms with Crippen LogP contribution in [0.25, 0.3) is 11.3 Å². The van der Waals surface area contributed by atoms with E-state index in [2.05, 4.69) is 22.7 Å². The molecule has 0 fully saturated rings. The van der Waals surface area contributed by atoms with Crippen LogP contribution in [0.3, 0.4) is 0 Å². The second kappa shape index (κ2) is 4.15. The van der Waals surface area contributed by atoms with Gasteiger partial charge in [0, 0.05) is 23.2 Å².